The van der Waals surface area contributed by atoms with Crippen LogP contribution in [0.15, 0.2) is 18.2 Å². The third kappa shape index (κ3) is 2.00. The highest BCUT2D eigenvalue weighted by atomic mass is 16.4. The van der Waals surface area contributed by atoms with Gasteiger partial charge in [0.25, 0.3) is 0 Å². The van der Waals surface area contributed by atoms with Crippen LogP contribution in [0.3, 0.4) is 0 Å². The van der Waals surface area contributed by atoms with Gasteiger partial charge in [-0.05, 0) is 43.0 Å². The Morgan fingerprint density at radius 3 is 2.82 bits per heavy atom. The number of nitrogens with zero attached hydrogens (tertiary/aromatic N) is 1. The zero-order valence-corrected chi connectivity index (χ0v) is 9.36. The van der Waals surface area contributed by atoms with Gasteiger partial charge < -0.3 is 10.0 Å². The Morgan fingerprint density at radius 2 is 2.18 bits per heavy atom. The predicted molar refractivity (Wildman–Crippen MR) is 62.9 cm³/mol. The lowest BCUT2D eigenvalue weighted by Crippen LogP contribution is -2.27. The number of carbonyl (C=O) groups excluding carboxylic acids is 1. The standard InChI is InChI=1S/C13H11NO3/c1-2-3-12(15)14-7-6-9-8-10(13(16)17)4-5-11(9)14/h4-5,8H,6-7H2,1H3,(H,16,17). The average Bonchev–Trinajstić information content (AvgIpc) is 2.71. The molecule has 1 amide bonds. The van der Waals surface area contributed by atoms with Gasteiger partial charge in [0.1, 0.15) is 0 Å². The molecule has 1 aromatic carbocycles. The molecule has 0 atom stereocenters. The van der Waals surface area contributed by atoms with Crippen molar-refractivity contribution in [2.45, 2.75) is 13.3 Å². The van der Waals surface area contributed by atoms with Crippen molar-refractivity contribution in [3.05, 3.63) is 29.3 Å². The van der Waals surface area contributed by atoms with Gasteiger partial charge >= 0.3 is 11.9 Å². The number of hydrogen-bond acceptors (Lipinski definition) is 2. The molecule has 1 aliphatic rings. The number of carbonyl (C=O) groups is 2. The molecule has 0 unspecified atom stereocenters. The van der Waals surface area contributed by atoms with Crippen molar-refractivity contribution in [3.8, 4) is 11.8 Å². The molecule has 0 spiro atoms. The molecule has 0 saturated heterocycles. The van der Waals surface area contributed by atoms with Crippen LogP contribution >= 0.6 is 0 Å². The Morgan fingerprint density at radius 1 is 1.41 bits per heavy atom. The van der Waals surface area contributed by atoms with E-state index in [9.17, 15) is 9.59 Å². The summed E-state index contributed by atoms with van der Waals surface area (Å²) in [5, 5.41) is 8.87. The van der Waals surface area contributed by atoms with Crippen molar-refractivity contribution >= 4 is 17.6 Å². The zero-order valence-electron chi connectivity index (χ0n) is 9.36. The summed E-state index contributed by atoms with van der Waals surface area (Å²) in [6.07, 6.45) is 0.674. The third-order valence-electron chi connectivity index (χ3n) is 2.70. The van der Waals surface area contributed by atoms with Crippen LogP contribution in [-0.2, 0) is 11.2 Å². The first-order chi connectivity index (χ1) is 8.13. The first-order valence-corrected chi connectivity index (χ1v) is 5.24. The lowest BCUT2D eigenvalue weighted by atomic mass is 10.1. The zero-order chi connectivity index (χ0) is 12.4. The summed E-state index contributed by atoms with van der Waals surface area (Å²) < 4.78 is 0. The lowest BCUT2D eigenvalue weighted by molar-refractivity contribution is -0.113. The van der Waals surface area contributed by atoms with E-state index in [2.05, 4.69) is 11.8 Å². The van der Waals surface area contributed by atoms with Crippen LogP contribution in [0.5, 0.6) is 0 Å². The van der Waals surface area contributed by atoms with Crippen molar-refractivity contribution in [1.82, 2.24) is 0 Å². The van der Waals surface area contributed by atoms with E-state index >= 15 is 0 Å². The van der Waals surface area contributed by atoms with E-state index in [-0.39, 0.29) is 11.5 Å². The molecular weight excluding hydrogens is 218 g/mol. The van der Waals surface area contributed by atoms with Crippen LogP contribution in [0, 0.1) is 11.8 Å². The number of carboxylic acid groups (broad SMARTS) is 1. The summed E-state index contributed by atoms with van der Waals surface area (Å²) in [4.78, 5) is 24.1. The fraction of sp³-hybridized carbons (Fsp3) is 0.231. The van der Waals surface area contributed by atoms with Crippen molar-refractivity contribution in [2.75, 3.05) is 11.4 Å². The summed E-state index contributed by atoms with van der Waals surface area (Å²) in [7, 11) is 0. The first-order valence-electron chi connectivity index (χ1n) is 5.24. The minimum absolute atomic E-state index is 0.241. The van der Waals surface area contributed by atoms with Gasteiger partial charge in [0.2, 0.25) is 0 Å². The average molecular weight is 229 g/mol. The topological polar surface area (TPSA) is 57.6 Å². The molecule has 0 bridgehead atoms. The Kier molecular flexibility index (Phi) is 2.84. The van der Waals surface area contributed by atoms with Gasteiger partial charge in [-0.2, -0.15) is 0 Å². The van der Waals surface area contributed by atoms with Crippen molar-refractivity contribution in [1.29, 1.82) is 0 Å². The number of rotatable bonds is 1. The fourth-order valence-electron chi connectivity index (χ4n) is 1.92. The molecule has 1 aromatic rings. The molecule has 86 valence electrons. The Balaban J connectivity index is 2.36. The maximum Gasteiger partial charge on any atom is 0.335 e. The number of benzene rings is 1. The second-order valence-electron chi connectivity index (χ2n) is 3.73. The van der Waals surface area contributed by atoms with E-state index in [1.165, 1.54) is 6.07 Å². The second kappa shape index (κ2) is 4.30. The van der Waals surface area contributed by atoms with Crippen LogP contribution in [0.2, 0.25) is 0 Å². The fourth-order valence-corrected chi connectivity index (χ4v) is 1.92. The minimum Gasteiger partial charge on any atom is -0.478 e. The van der Waals surface area contributed by atoms with E-state index in [0.717, 1.165) is 11.3 Å². The highest BCUT2D eigenvalue weighted by Crippen LogP contribution is 2.28. The normalized spacial score (nSPS) is 12.6. The van der Waals surface area contributed by atoms with Gasteiger partial charge in [-0.25, -0.2) is 4.79 Å². The Bertz CT molecular complexity index is 552. The number of carboxylic acids is 1. The van der Waals surface area contributed by atoms with Crippen LogP contribution < -0.4 is 4.90 Å². The molecule has 0 radical (unpaired) electrons. The molecule has 17 heavy (non-hydrogen) atoms. The molecular formula is C13H11NO3. The van der Waals surface area contributed by atoms with Gasteiger partial charge in [-0.1, -0.05) is 5.92 Å². The van der Waals surface area contributed by atoms with Crippen LogP contribution in [0.4, 0.5) is 5.69 Å². The molecule has 0 aromatic heterocycles. The highest BCUT2D eigenvalue weighted by molar-refractivity contribution is 6.07. The maximum absolute atomic E-state index is 11.7. The summed E-state index contributed by atoms with van der Waals surface area (Å²) in [5.74, 6) is 3.86. The smallest absolute Gasteiger partial charge is 0.335 e. The summed E-state index contributed by atoms with van der Waals surface area (Å²) in [6, 6.07) is 4.79. The number of aromatic carboxylic acids is 1. The first kappa shape index (κ1) is 11.2. The third-order valence-corrected chi connectivity index (χ3v) is 2.70. The summed E-state index contributed by atoms with van der Waals surface area (Å²) in [5.41, 5.74) is 1.90. The molecule has 1 aliphatic heterocycles. The lowest BCUT2D eigenvalue weighted by Gasteiger charge is -2.13. The van der Waals surface area contributed by atoms with E-state index in [0.29, 0.717) is 13.0 Å². The van der Waals surface area contributed by atoms with Crippen LogP contribution in [0.25, 0.3) is 0 Å². The molecule has 1 N–H and O–H groups in total. The SMILES string of the molecule is CC#CC(=O)N1CCc2cc(C(=O)O)ccc21. The summed E-state index contributed by atoms with van der Waals surface area (Å²) >= 11 is 0. The van der Waals surface area contributed by atoms with E-state index in [4.69, 9.17) is 5.11 Å². The Hall–Kier alpha value is -2.28. The van der Waals surface area contributed by atoms with Crippen molar-refractivity contribution in [2.24, 2.45) is 0 Å². The maximum atomic E-state index is 11.7. The molecule has 1 heterocycles. The van der Waals surface area contributed by atoms with Gasteiger partial charge in [0.05, 0.1) is 5.56 Å². The van der Waals surface area contributed by atoms with Crippen LogP contribution in [-0.4, -0.2) is 23.5 Å². The number of amides is 1. The summed E-state index contributed by atoms with van der Waals surface area (Å²) in [6.45, 7) is 2.17. The molecule has 2 rings (SSSR count). The largest absolute Gasteiger partial charge is 0.478 e. The van der Waals surface area contributed by atoms with Gasteiger partial charge in [0, 0.05) is 12.2 Å². The quantitative estimate of drug-likeness (QED) is 0.738. The molecule has 4 heteroatoms. The predicted octanol–water partition coefficient (Wildman–Crippen LogP) is 1.30. The molecule has 0 aliphatic carbocycles. The number of anilines is 1. The van der Waals surface area contributed by atoms with E-state index in [1.807, 2.05) is 0 Å². The van der Waals surface area contributed by atoms with Gasteiger partial charge in [-0.3, -0.25) is 4.79 Å². The van der Waals surface area contributed by atoms with Gasteiger partial charge in [-0.15, -0.1) is 0 Å². The Labute approximate surface area is 98.9 Å². The van der Waals surface area contributed by atoms with Gasteiger partial charge in [0.15, 0.2) is 0 Å². The van der Waals surface area contributed by atoms with Crippen molar-refractivity contribution < 1.29 is 14.7 Å². The van der Waals surface area contributed by atoms with E-state index < -0.39 is 5.97 Å². The number of hydrogen-bond donors (Lipinski definition) is 1. The monoisotopic (exact) mass is 229 g/mol. The van der Waals surface area contributed by atoms with Crippen molar-refractivity contribution in [3.63, 3.8) is 0 Å². The molecule has 0 fully saturated rings. The molecule has 4 nitrogen and oxygen atoms in total. The second-order valence-corrected chi connectivity index (χ2v) is 3.73. The van der Waals surface area contributed by atoms with Crippen LogP contribution in [0.1, 0.15) is 22.8 Å². The van der Waals surface area contributed by atoms with E-state index in [1.54, 1.807) is 24.0 Å². The minimum atomic E-state index is -0.953. The number of fused-ring (bicyclic) bond motifs is 1. The molecule has 0 saturated carbocycles. The highest BCUT2D eigenvalue weighted by Gasteiger charge is 2.24.